The van der Waals surface area contributed by atoms with Gasteiger partial charge >= 0.3 is 0 Å². The molecule has 4 heterocycles. The summed E-state index contributed by atoms with van der Waals surface area (Å²) in [6.07, 6.45) is 11.2. The average Bonchev–Trinajstić information content (AvgIpc) is 3.14. The molecule has 5 aliphatic rings. The Morgan fingerprint density at radius 3 is 2.97 bits per heavy atom. The van der Waals surface area contributed by atoms with Crippen LogP contribution >= 0.6 is 15.9 Å². The highest BCUT2D eigenvalue weighted by Crippen LogP contribution is 2.38. The lowest BCUT2D eigenvalue weighted by Gasteiger charge is -2.35. The van der Waals surface area contributed by atoms with E-state index in [1.54, 1.807) is 6.21 Å². The number of carbonyl (C=O) groups is 1. The van der Waals surface area contributed by atoms with Crippen molar-refractivity contribution in [2.24, 2.45) is 15.0 Å². The molecule has 0 spiro atoms. The summed E-state index contributed by atoms with van der Waals surface area (Å²) < 4.78 is 5.97. The van der Waals surface area contributed by atoms with Crippen LogP contribution in [0.15, 0.2) is 56.6 Å². The predicted octanol–water partition coefficient (Wildman–Crippen LogP) is 4.71. The molecule has 0 saturated heterocycles. The maximum absolute atomic E-state index is 12.9. The van der Waals surface area contributed by atoms with Crippen LogP contribution in [0.1, 0.15) is 30.4 Å². The smallest absolute Gasteiger partial charge is 0.160 e. The minimum atomic E-state index is -0.198. The zero-order valence-corrected chi connectivity index (χ0v) is 19.8. The molecule has 168 valence electrons. The number of ketones is 1. The topological polar surface area (TPSA) is 90.4 Å². The van der Waals surface area contributed by atoms with E-state index < -0.39 is 0 Å². The van der Waals surface area contributed by atoms with E-state index in [0.717, 1.165) is 28.3 Å². The van der Waals surface area contributed by atoms with Gasteiger partial charge in [0.25, 0.3) is 0 Å². The molecule has 2 aromatic rings. The van der Waals surface area contributed by atoms with Crippen molar-refractivity contribution < 1.29 is 9.53 Å². The lowest BCUT2D eigenvalue weighted by molar-refractivity contribution is -0.118. The number of benzene rings is 2. The Morgan fingerprint density at radius 1 is 1.21 bits per heavy atom. The van der Waals surface area contributed by atoms with Crippen molar-refractivity contribution >= 4 is 62.9 Å². The van der Waals surface area contributed by atoms with E-state index in [1.807, 2.05) is 48.8 Å². The van der Waals surface area contributed by atoms with Crippen LogP contribution in [0.2, 0.25) is 0 Å². The number of fused-ring (bicyclic) bond motifs is 5. The van der Waals surface area contributed by atoms with Crippen molar-refractivity contribution in [3.63, 3.8) is 0 Å². The molecule has 4 aliphatic heterocycles. The number of carbonyl (C=O) groups excluding carboxylic acids is 1. The summed E-state index contributed by atoms with van der Waals surface area (Å²) in [5, 5.41) is 11.5. The second-order valence-corrected chi connectivity index (χ2v) is 9.52. The van der Waals surface area contributed by atoms with Crippen molar-refractivity contribution in [1.29, 1.82) is 5.26 Å². The van der Waals surface area contributed by atoms with Crippen molar-refractivity contribution in [1.82, 2.24) is 4.90 Å². The van der Waals surface area contributed by atoms with Crippen LogP contribution in [0.25, 0.3) is 16.8 Å². The molecule has 8 heteroatoms. The molecule has 1 aliphatic carbocycles. The van der Waals surface area contributed by atoms with Crippen molar-refractivity contribution in [3.05, 3.63) is 52.7 Å². The third-order valence-corrected chi connectivity index (χ3v) is 7.42. The maximum Gasteiger partial charge on any atom is 0.160 e. The number of allylic oxidation sites excluding steroid dienone is 2. The van der Waals surface area contributed by atoms with Gasteiger partial charge in [0.1, 0.15) is 18.4 Å². The summed E-state index contributed by atoms with van der Waals surface area (Å²) in [5.41, 5.74) is 3.38. The van der Waals surface area contributed by atoms with Gasteiger partial charge in [-0.2, -0.15) is 5.26 Å². The number of hydrogen-bond donors (Lipinski definition) is 0. The summed E-state index contributed by atoms with van der Waals surface area (Å²) in [6.45, 7) is 0.313. The van der Waals surface area contributed by atoms with Gasteiger partial charge < -0.3 is 4.74 Å². The van der Waals surface area contributed by atoms with E-state index >= 15 is 0 Å². The lowest BCUT2D eigenvalue weighted by Crippen LogP contribution is -2.47. The molecule has 0 aromatic heterocycles. The van der Waals surface area contributed by atoms with Crippen LogP contribution in [-0.4, -0.2) is 53.1 Å². The summed E-state index contributed by atoms with van der Waals surface area (Å²) in [5.74, 6) is 0.824. The number of halogens is 1. The Labute approximate surface area is 205 Å². The quantitative estimate of drug-likeness (QED) is 0.376. The van der Waals surface area contributed by atoms with Gasteiger partial charge in [-0.3, -0.25) is 24.7 Å². The Bertz CT molecular complexity index is 1410. The number of Topliss-reactive ketones (excluding diaryl/α,β-unsaturated/α-hetero) is 1. The molecule has 7 nitrogen and oxygen atoms in total. The average molecular weight is 514 g/mol. The number of nitrogens with zero attached hydrogens (tertiary/aromatic N) is 5. The fourth-order valence-electron chi connectivity index (χ4n) is 5.00. The molecule has 3 atom stereocenters. The molecule has 2 aromatic carbocycles. The second-order valence-electron chi connectivity index (χ2n) is 8.70. The fourth-order valence-corrected chi connectivity index (χ4v) is 5.74. The van der Waals surface area contributed by atoms with Crippen LogP contribution in [-0.2, 0) is 4.79 Å². The SMILES string of the molecule is N#Cc1c2cc3ccc4cc3c1N=CC(=C2)N=CC1C=NC(Br)N1C1CCC(=CCO4)C(=O)C1. The van der Waals surface area contributed by atoms with Gasteiger partial charge in [-0.25, -0.2) is 0 Å². The van der Waals surface area contributed by atoms with Crippen LogP contribution in [0.3, 0.4) is 0 Å². The molecule has 0 radical (unpaired) electrons. The Hall–Kier alpha value is -3.41. The third-order valence-electron chi connectivity index (χ3n) is 6.71. The van der Waals surface area contributed by atoms with Gasteiger partial charge in [0.2, 0.25) is 0 Å². The molecule has 7 bridgehead atoms. The van der Waals surface area contributed by atoms with Crippen LogP contribution in [0.5, 0.6) is 5.75 Å². The number of rotatable bonds is 0. The first-order chi connectivity index (χ1) is 16.6. The lowest BCUT2D eigenvalue weighted by atomic mass is 9.88. The molecule has 34 heavy (non-hydrogen) atoms. The highest BCUT2D eigenvalue weighted by atomic mass is 79.9. The summed E-state index contributed by atoms with van der Waals surface area (Å²) >= 11 is 3.63. The normalized spacial score (nSPS) is 25.8. The molecule has 1 saturated carbocycles. The highest BCUT2D eigenvalue weighted by Gasteiger charge is 2.37. The molecule has 3 unspecified atom stereocenters. The van der Waals surface area contributed by atoms with Crippen molar-refractivity contribution in [2.75, 3.05) is 6.61 Å². The molecule has 0 amide bonds. The molecular weight excluding hydrogens is 494 g/mol. The van der Waals surface area contributed by atoms with E-state index in [0.29, 0.717) is 42.1 Å². The van der Waals surface area contributed by atoms with E-state index in [9.17, 15) is 10.1 Å². The number of ether oxygens (including phenoxy) is 1. The standard InChI is InChI=1S/C26H20BrN5O2/c27-26-31-14-20-13-29-18-8-17-7-16-2-4-21(10-22(16)25(30-12-18)23(17)11-28)34-6-5-15-1-3-19(32(20)26)9-24(15)33/h2,4-5,7-8,10,12-14,19-20,26H,1,3,6,9H2. The van der Waals surface area contributed by atoms with Crippen molar-refractivity contribution in [2.45, 2.75) is 36.4 Å². The van der Waals surface area contributed by atoms with Gasteiger partial charge in [-0.15, -0.1) is 0 Å². The first-order valence-corrected chi connectivity index (χ1v) is 12.1. The number of hydrogen-bond acceptors (Lipinski definition) is 7. The molecule has 0 N–H and O–H groups in total. The minimum Gasteiger partial charge on any atom is -0.489 e. The van der Waals surface area contributed by atoms with Crippen LogP contribution in [0.4, 0.5) is 5.69 Å². The third kappa shape index (κ3) is 3.61. The van der Waals surface area contributed by atoms with Gasteiger partial charge in [0.05, 0.1) is 29.2 Å². The van der Waals surface area contributed by atoms with Crippen molar-refractivity contribution in [3.8, 4) is 11.8 Å². The summed E-state index contributed by atoms with van der Waals surface area (Å²) in [7, 11) is 0. The monoisotopic (exact) mass is 513 g/mol. The molecule has 7 rings (SSSR count). The summed E-state index contributed by atoms with van der Waals surface area (Å²) in [6, 6.07) is 9.99. The number of nitriles is 1. The Kier molecular flexibility index (Phi) is 5.24. The Balaban J connectivity index is 1.49. The number of aliphatic imine (C=N–C) groups is 3. The predicted molar refractivity (Wildman–Crippen MR) is 136 cm³/mol. The van der Waals surface area contributed by atoms with Gasteiger partial charge in [0.15, 0.2) is 10.9 Å². The largest absolute Gasteiger partial charge is 0.489 e. The van der Waals surface area contributed by atoms with Gasteiger partial charge in [0, 0.05) is 30.3 Å². The van der Waals surface area contributed by atoms with Crippen LogP contribution in [0, 0.1) is 11.3 Å². The molecule has 1 fully saturated rings. The zero-order chi connectivity index (χ0) is 23.2. The Morgan fingerprint density at radius 2 is 2.12 bits per heavy atom. The van der Waals surface area contributed by atoms with E-state index in [1.165, 1.54) is 0 Å². The first kappa shape index (κ1) is 21.1. The van der Waals surface area contributed by atoms with Gasteiger partial charge in [-0.05, 0) is 75.6 Å². The number of alkyl halides is 1. The first-order valence-electron chi connectivity index (χ1n) is 11.2. The van der Waals surface area contributed by atoms with E-state index in [-0.39, 0.29) is 22.9 Å². The van der Waals surface area contributed by atoms with E-state index in [4.69, 9.17) is 9.73 Å². The highest BCUT2D eigenvalue weighted by molar-refractivity contribution is 9.09. The van der Waals surface area contributed by atoms with Gasteiger partial charge in [-0.1, -0.05) is 6.07 Å². The fraction of sp³-hybridized carbons (Fsp3) is 0.269. The minimum absolute atomic E-state index is 0.0651. The maximum atomic E-state index is 12.9. The molecular formula is C26H20BrN5O2. The zero-order valence-electron chi connectivity index (χ0n) is 18.2. The summed E-state index contributed by atoms with van der Waals surface area (Å²) in [4.78, 5) is 29.0. The van der Waals surface area contributed by atoms with Crippen LogP contribution < -0.4 is 4.74 Å². The second kappa shape index (κ2) is 8.42. The van der Waals surface area contributed by atoms with E-state index in [2.05, 4.69) is 36.9 Å².